The highest BCUT2D eigenvalue weighted by Gasteiger charge is 2.39. The molecule has 0 aromatic carbocycles. The van der Waals surface area contributed by atoms with E-state index in [1.165, 1.54) is 0 Å². The van der Waals surface area contributed by atoms with E-state index in [0.717, 1.165) is 12.8 Å². The molecule has 3 nitrogen and oxygen atoms in total. The second kappa shape index (κ2) is 5.30. The van der Waals surface area contributed by atoms with Crippen molar-refractivity contribution in [2.75, 3.05) is 14.2 Å². The quantitative estimate of drug-likeness (QED) is 0.619. The number of hydrogen-bond donors (Lipinski definition) is 0. The van der Waals surface area contributed by atoms with Crippen molar-refractivity contribution in [3.63, 3.8) is 0 Å². The van der Waals surface area contributed by atoms with E-state index in [9.17, 15) is 0 Å². The third kappa shape index (κ3) is 2.59. The summed E-state index contributed by atoms with van der Waals surface area (Å²) in [7, 11) is 1.03. The Morgan fingerprint density at radius 2 is 1.92 bits per heavy atom. The van der Waals surface area contributed by atoms with Gasteiger partial charge in [-0.15, -0.1) is 0 Å². The van der Waals surface area contributed by atoms with Gasteiger partial charge in [0.25, 0.3) is 0 Å². The van der Waals surface area contributed by atoms with Crippen molar-refractivity contribution in [1.29, 1.82) is 5.26 Å². The molecule has 0 rings (SSSR count). The van der Waals surface area contributed by atoms with Crippen LogP contribution in [-0.4, -0.2) is 22.8 Å². The highest BCUT2D eigenvalue weighted by Crippen LogP contribution is 2.26. The molecule has 0 bridgehead atoms. The van der Waals surface area contributed by atoms with Gasteiger partial charge in [0.2, 0.25) is 0 Å². The zero-order valence-electron chi connectivity index (χ0n) is 8.26. The second-order valence-electron chi connectivity index (χ2n) is 2.89. The van der Waals surface area contributed by atoms with E-state index in [1.807, 2.05) is 6.55 Å². The van der Waals surface area contributed by atoms with Gasteiger partial charge in [0.05, 0.1) is 11.6 Å². The molecule has 0 aromatic heterocycles. The van der Waals surface area contributed by atoms with Gasteiger partial charge in [-0.25, -0.2) is 0 Å². The standard InChI is InChI=1S/C8H17NO2Si/c1-5-6-8(7-9)12(4,10-2)11-3/h8H,5-6H2,1-4H3. The fourth-order valence-electron chi connectivity index (χ4n) is 1.10. The molecular weight excluding hydrogens is 170 g/mol. The third-order valence-corrected chi connectivity index (χ3v) is 5.48. The first kappa shape index (κ1) is 11.6. The van der Waals surface area contributed by atoms with Crippen molar-refractivity contribution >= 4 is 8.56 Å². The van der Waals surface area contributed by atoms with Crippen LogP contribution in [0.1, 0.15) is 19.8 Å². The van der Waals surface area contributed by atoms with E-state index in [1.54, 1.807) is 14.2 Å². The van der Waals surface area contributed by atoms with Gasteiger partial charge < -0.3 is 8.85 Å². The Morgan fingerprint density at radius 3 is 2.17 bits per heavy atom. The Morgan fingerprint density at radius 1 is 1.42 bits per heavy atom. The van der Waals surface area contributed by atoms with Gasteiger partial charge in [0.1, 0.15) is 0 Å². The van der Waals surface area contributed by atoms with E-state index in [0.29, 0.717) is 0 Å². The van der Waals surface area contributed by atoms with Crippen LogP contribution in [0.2, 0.25) is 12.1 Å². The molecule has 0 aromatic rings. The fourth-order valence-corrected chi connectivity index (χ4v) is 2.88. The van der Waals surface area contributed by atoms with Crippen LogP contribution in [0.25, 0.3) is 0 Å². The lowest BCUT2D eigenvalue weighted by atomic mass is 10.3. The second-order valence-corrected chi connectivity index (χ2v) is 6.44. The number of nitriles is 1. The van der Waals surface area contributed by atoms with Gasteiger partial charge >= 0.3 is 8.56 Å². The molecule has 0 saturated heterocycles. The number of nitrogens with zero attached hydrogens (tertiary/aromatic N) is 1. The largest absolute Gasteiger partial charge is 0.397 e. The molecule has 0 amide bonds. The molecule has 70 valence electrons. The summed E-state index contributed by atoms with van der Waals surface area (Å²) in [6, 6.07) is 2.26. The van der Waals surface area contributed by atoms with Crippen LogP contribution < -0.4 is 0 Å². The van der Waals surface area contributed by atoms with Gasteiger partial charge in [-0.2, -0.15) is 5.26 Å². The Labute approximate surface area is 75.5 Å². The molecule has 0 spiro atoms. The predicted molar refractivity (Wildman–Crippen MR) is 49.9 cm³/mol. The summed E-state index contributed by atoms with van der Waals surface area (Å²) < 4.78 is 10.6. The summed E-state index contributed by atoms with van der Waals surface area (Å²) in [6.07, 6.45) is 1.86. The van der Waals surface area contributed by atoms with E-state index in [-0.39, 0.29) is 5.54 Å². The average molecular weight is 187 g/mol. The van der Waals surface area contributed by atoms with E-state index in [2.05, 4.69) is 13.0 Å². The maximum Gasteiger partial charge on any atom is 0.352 e. The molecular formula is C8H17NO2Si. The summed E-state index contributed by atoms with van der Waals surface area (Å²) in [6.45, 7) is 3.99. The topological polar surface area (TPSA) is 42.2 Å². The lowest BCUT2D eigenvalue weighted by molar-refractivity contribution is 0.241. The summed E-state index contributed by atoms with van der Waals surface area (Å²) >= 11 is 0. The summed E-state index contributed by atoms with van der Waals surface area (Å²) in [4.78, 5) is 0. The minimum absolute atomic E-state index is 0.0579. The number of rotatable bonds is 5. The first-order valence-electron chi connectivity index (χ1n) is 4.14. The van der Waals surface area contributed by atoms with Crippen LogP contribution >= 0.6 is 0 Å². The highest BCUT2D eigenvalue weighted by atomic mass is 28.4. The van der Waals surface area contributed by atoms with Gasteiger partial charge in [-0.05, 0) is 13.0 Å². The Balaban J connectivity index is 4.35. The zero-order chi connectivity index (χ0) is 9.61. The SMILES string of the molecule is CCCC(C#N)[Si](C)(OC)OC. The molecule has 0 aliphatic heterocycles. The van der Waals surface area contributed by atoms with Crippen molar-refractivity contribution in [3.05, 3.63) is 0 Å². The third-order valence-electron chi connectivity index (χ3n) is 2.18. The lowest BCUT2D eigenvalue weighted by Gasteiger charge is -2.26. The molecule has 0 aliphatic rings. The molecule has 0 radical (unpaired) electrons. The molecule has 1 unspecified atom stereocenters. The Bertz CT molecular complexity index is 163. The van der Waals surface area contributed by atoms with Crippen molar-refractivity contribution in [2.45, 2.75) is 31.9 Å². The van der Waals surface area contributed by atoms with Crippen LogP contribution in [0, 0.1) is 11.3 Å². The maximum atomic E-state index is 8.88. The molecule has 0 heterocycles. The van der Waals surface area contributed by atoms with Gasteiger partial charge in [0.15, 0.2) is 0 Å². The molecule has 0 saturated carbocycles. The molecule has 0 aliphatic carbocycles. The van der Waals surface area contributed by atoms with Crippen LogP contribution in [0.5, 0.6) is 0 Å². The van der Waals surface area contributed by atoms with Crippen LogP contribution in [0.15, 0.2) is 0 Å². The molecule has 0 N–H and O–H groups in total. The maximum absolute atomic E-state index is 8.88. The van der Waals surface area contributed by atoms with Gasteiger partial charge in [-0.3, -0.25) is 0 Å². The van der Waals surface area contributed by atoms with E-state index in [4.69, 9.17) is 14.1 Å². The molecule has 12 heavy (non-hydrogen) atoms. The number of hydrogen-bond acceptors (Lipinski definition) is 3. The predicted octanol–water partition coefficient (Wildman–Crippen LogP) is 2.05. The molecule has 4 heteroatoms. The minimum Gasteiger partial charge on any atom is -0.397 e. The van der Waals surface area contributed by atoms with E-state index >= 15 is 0 Å². The average Bonchev–Trinajstić information content (AvgIpc) is 2.13. The van der Waals surface area contributed by atoms with Crippen molar-refractivity contribution in [3.8, 4) is 6.07 Å². The Kier molecular flexibility index (Phi) is 5.14. The first-order chi connectivity index (χ1) is 5.64. The van der Waals surface area contributed by atoms with Crippen molar-refractivity contribution < 1.29 is 8.85 Å². The zero-order valence-corrected chi connectivity index (χ0v) is 9.26. The van der Waals surface area contributed by atoms with Crippen LogP contribution in [0.4, 0.5) is 0 Å². The normalized spacial score (nSPS) is 13.9. The molecule has 1 atom stereocenters. The van der Waals surface area contributed by atoms with Gasteiger partial charge in [0, 0.05) is 14.2 Å². The summed E-state index contributed by atoms with van der Waals surface area (Å²) in [5.41, 5.74) is -0.0579. The molecule has 0 fully saturated rings. The van der Waals surface area contributed by atoms with E-state index < -0.39 is 8.56 Å². The first-order valence-corrected chi connectivity index (χ1v) is 6.53. The van der Waals surface area contributed by atoms with Crippen LogP contribution in [-0.2, 0) is 8.85 Å². The van der Waals surface area contributed by atoms with Crippen molar-refractivity contribution in [2.24, 2.45) is 0 Å². The van der Waals surface area contributed by atoms with Crippen molar-refractivity contribution in [1.82, 2.24) is 0 Å². The smallest absolute Gasteiger partial charge is 0.352 e. The summed E-state index contributed by atoms with van der Waals surface area (Å²) in [5, 5.41) is 8.88. The highest BCUT2D eigenvalue weighted by molar-refractivity contribution is 6.68. The lowest BCUT2D eigenvalue weighted by Crippen LogP contribution is -2.41. The van der Waals surface area contributed by atoms with Gasteiger partial charge in [-0.1, -0.05) is 13.3 Å². The summed E-state index contributed by atoms with van der Waals surface area (Å²) in [5.74, 6) is 0. The fraction of sp³-hybridized carbons (Fsp3) is 0.875. The minimum atomic E-state index is -2.21. The van der Waals surface area contributed by atoms with Crippen LogP contribution in [0.3, 0.4) is 0 Å². The monoisotopic (exact) mass is 187 g/mol. The Hall–Kier alpha value is -0.373.